The van der Waals surface area contributed by atoms with Crippen LogP contribution in [0.4, 0.5) is 5.69 Å². The van der Waals surface area contributed by atoms with Crippen molar-refractivity contribution < 1.29 is 4.79 Å². The summed E-state index contributed by atoms with van der Waals surface area (Å²) in [6.07, 6.45) is 1.90. The molecule has 1 N–H and O–H groups in total. The first-order valence-corrected chi connectivity index (χ1v) is 6.37. The highest BCUT2D eigenvalue weighted by Gasteiger charge is 2.07. The van der Waals surface area contributed by atoms with Gasteiger partial charge in [-0.25, -0.2) is 0 Å². The molecule has 0 aliphatic heterocycles. The lowest BCUT2D eigenvalue weighted by molar-refractivity contribution is -0.113. The molecule has 0 atom stereocenters. The Bertz CT molecular complexity index is 356. The van der Waals surface area contributed by atoms with Crippen LogP contribution < -0.4 is 5.32 Å². The Morgan fingerprint density at radius 1 is 1.40 bits per heavy atom. The Kier molecular flexibility index (Phi) is 4.48. The molecule has 15 heavy (non-hydrogen) atoms. The fourth-order valence-electron chi connectivity index (χ4n) is 1.41. The molecule has 82 valence electrons. The van der Waals surface area contributed by atoms with Gasteiger partial charge in [-0.15, -0.1) is 0 Å². The van der Waals surface area contributed by atoms with Crippen molar-refractivity contribution >= 4 is 35.0 Å². The van der Waals surface area contributed by atoms with Crippen LogP contribution in [0.1, 0.15) is 11.1 Å². The lowest BCUT2D eigenvalue weighted by Gasteiger charge is -2.11. The zero-order valence-electron chi connectivity index (χ0n) is 9.06. The van der Waals surface area contributed by atoms with E-state index in [4.69, 9.17) is 11.6 Å². The van der Waals surface area contributed by atoms with Crippen LogP contribution in [0.25, 0.3) is 0 Å². The fraction of sp³-hybridized carbons (Fsp3) is 0.364. The molecule has 0 spiro atoms. The molecule has 1 rings (SSSR count). The summed E-state index contributed by atoms with van der Waals surface area (Å²) in [5, 5.41) is 3.59. The molecule has 0 aliphatic carbocycles. The topological polar surface area (TPSA) is 29.1 Å². The average molecular weight is 244 g/mol. The number of amides is 1. The van der Waals surface area contributed by atoms with E-state index in [0.717, 1.165) is 16.8 Å². The monoisotopic (exact) mass is 243 g/mol. The van der Waals surface area contributed by atoms with Crippen LogP contribution in [-0.2, 0) is 4.79 Å². The predicted octanol–water partition coefficient (Wildman–Crippen LogP) is 3.26. The number of hydrogen-bond acceptors (Lipinski definition) is 2. The number of aryl methyl sites for hydroxylation is 2. The van der Waals surface area contributed by atoms with Gasteiger partial charge in [-0.05, 0) is 43.4 Å². The van der Waals surface area contributed by atoms with E-state index in [9.17, 15) is 4.79 Å². The molecule has 1 amide bonds. The zero-order chi connectivity index (χ0) is 11.4. The molecule has 0 radical (unpaired) electrons. The van der Waals surface area contributed by atoms with Gasteiger partial charge >= 0.3 is 0 Å². The second-order valence-corrected chi connectivity index (χ2v) is 4.70. The van der Waals surface area contributed by atoms with Crippen molar-refractivity contribution in [2.24, 2.45) is 0 Å². The van der Waals surface area contributed by atoms with Gasteiger partial charge in [0.15, 0.2) is 0 Å². The zero-order valence-corrected chi connectivity index (χ0v) is 10.6. The van der Waals surface area contributed by atoms with Crippen molar-refractivity contribution in [3.8, 4) is 0 Å². The van der Waals surface area contributed by atoms with Crippen molar-refractivity contribution in [1.82, 2.24) is 0 Å². The molecular weight excluding hydrogens is 230 g/mol. The minimum absolute atomic E-state index is 0.0241. The molecular formula is C11H14ClNOS. The highest BCUT2D eigenvalue weighted by molar-refractivity contribution is 7.99. The summed E-state index contributed by atoms with van der Waals surface area (Å²) in [5.41, 5.74) is 2.86. The number of anilines is 1. The molecule has 1 aromatic carbocycles. The van der Waals surface area contributed by atoms with Crippen molar-refractivity contribution in [2.45, 2.75) is 13.8 Å². The summed E-state index contributed by atoms with van der Waals surface area (Å²) in [6, 6.07) is 3.70. The van der Waals surface area contributed by atoms with Gasteiger partial charge < -0.3 is 5.32 Å². The first-order chi connectivity index (χ1) is 7.04. The van der Waals surface area contributed by atoms with E-state index in [1.807, 2.05) is 32.2 Å². The lowest BCUT2D eigenvalue weighted by Crippen LogP contribution is -2.15. The van der Waals surface area contributed by atoms with Crippen molar-refractivity contribution in [2.75, 3.05) is 17.3 Å². The van der Waals surface area contributed by atoms with Crippen LogP contribution in [0.2, 0.25) is 5.02 Å². The number of rotatable bonds is 3. The standard InChI is InChI=1S/C11H14ClNOS/c1-7-4-9(12)5-8(2)11(7)13-10(14)6-15-3/h4-5H,6H2,1-3H3,(H,13,14). The van der Waals surface area contributed by atoms with E-state index in [1.54, 1.807) is 0 Å². The summed E-state index contributed by atoms with van der Waals surface area (Å²) in [5.74, 6) is 0.498. The smallest absolute Gasteiger partial charge is 0.234 e. The molecule has 0 aromatic heterocycles. The van der Waals surface area contributed by atoms with Gasteiger partial charge in [-0.3, -0.25) is 4.79 Å². The minimum atomic E-state index is 0.0241. The van der Waals surface area contributed by atoms with Gasteiger partial charge in [0.1, 0.15) is 0 Å². The highest BCUT2D eigenvalue weighted by atomic mass is 35.5. The van der Waals surface area contributed by atoms with E-state index >= 15 is 0 Å². The van der Waals surface area contributed by atoms with Gasteiger partial charge in [0.2, 0.25) is 5.91 Å². The molecule has 1 aromatic rings. The largest absolute Gasteiger partial charge is 0.325 e. The maximum Gasteiger partial charge on any atom is 0.234 e. The van der Waals surface area contributed by atoms with Crippen LogP contribution in [0, 0.1) is 13.8 Å². The molecule has 0 saturated carbocycles. The van der Waals surface area contributed by atoms with Gasteiger partial charge in [-0.2, -0.15) is 11.8 Å². The minimum Gasteiger partial charge on any atom is -0.325 e. The lowest BCUT2D eigenvalue weighted by atomic mass is 10.1. The second-order valence-electron chi connectivity index (χ2n) is 3.40. The van der Waals surface area contributed by atoms with E-state index in [-0.39, 0.29) is 5.91 Å². The van der Waals surface area contributed by atoms with Crippen LogP contribution in [0.15, 0.2) is 12.1 Å². The number of halogens is 1. The Hall–Kier alpha value is -0.670. The SMILES string of the molecule is CSCC(=O)Nc1c(C)cc(Cl)cc1C. The molecule has 2 nitrogen and oxygen atoms in total. The molecule has 0 fully saturated rings. The molecule has 0 unspecified atom stereocenters. The maximum atomic E-state index is 11.4. The Morgan fingerprint density at radius 3 is 2.40 bits per heavy atom. The third-order valence-corrected chi connectivity index (χ3v) is 2.81. The van der Waals surface area contributed by atoms with Gasteiger partial charge in [0.05, 0.1) is 5.75 Å². The first kappa shape index (κ1) is 12.4. The Morgan fingerprint density at radius 2 is 1.93 bits per heavy atom. The Balaban J connectivity index is 2.90. The third kappa shape index (κ3) is 3.43. The second kappa shape index (κ2) is 5.42. The van der Waals surface area contributed by atoms with Crippen LogP contribution in [0.5, 0.6) is 0 Å². The van der Waals surface area contributed by atoms with E-state index in [1.165, 1.54) is 11.8 Å². The summed E-state index contributed by atoms with van der Waals surface area (Å²) >= 11 is 7.41. The fourth-order valence-corrected chi connectivity index (χ4v) is 2.08. The quantitative estimate of drug-likeness (QED) is 0.883. The highest BCUT2D eigenvalue weighted by Crippen LogP contribution is 2.24. The number of thioether (sulfide) groups is 1. The van der Waals surface area contributed by atoms with Crippen LogP contribution in [-0.4, -0.2) is 17.9 Å². The summed E-state index contributed by atoms with van der Waals surface area (Å²) in [4.78, 5) is 11.4. The third-order valence-electron chi connectivity index (χ3n) is 2.04. The van der Waals surface area contributed by atoms with Crippen molar-refractivity contribution in [3.05, 3.63) is 28.3 Å². The summed E-state index contributed by atoms with van der Waals surface area (Å²) < 4.78 is 0. The molecule has 0 bridgehead atoms. The van der Waals surface area contributed by atoms with Crippen LogP contribution in [0.3, 0.4) is 0 Å². The first-order valence-electron chi connectivity index (χ1n) is 4.60. The summed E-state index contributed by atoms with van der Waals surface area (Å²) in [7, 11) is 0. The van der Waals surface area contributed by atoms with Crippen molar-refractivity contribution in [1.29, 1.82) is 0 Å². The van der Waals surface area contributed by atoms with E-state index in [2.05, 4.69) is 5.32 Å². The summed E-state index contributed by atoms with van der Waals surface area (Å²) in [6.45, 7) is 3.88. The number of benzene rings is 1. The number of carbonyl (C=O) groups excluding carboxylic acids is 1. The van der Waals surface area contributed by atoms with Gasteiger partial charge in [0, 0.05) is 10.7 Å². The van der Waals surface area contributed by atoms with E-state index < -0.39 is 0 Å². The number of carbonyl (C=O) groups is 1. The van der Waals surface area contributed by atoms with Crippen molar-refractivity contribution in [3.63, 3.8) is 0 Å². The molecule has 0 saturated heterocycles. The number of hydrogen-bond donors (Lipinski definition) is 1. The maximum absolute atomic E-state index is 11.4. The molecule has 0 heterocycles. The van der Waals surface area contributed by atoms with Gasteiger partial charge in [0.25, 0.3) is 0 Å². The normalized spacial score (nSPS) is 10.1. The van der Waals surface area contributed by atoms with Gasteiger partial charge in [-0.1, -0.05) is 11.6 Å². The number of nitrogens with one attached hydrogen (secondary N) is 1. The van der Waals surface area contributed by atoms with Crippen LogP contribution >= 0.6 is 23.4 Å². The molecule has 4 heteroatoms. The predicted molar refractivity (Wildman–Crippen MR) is 67.9 cm³/mol. The molecule has 0 aliphatic rings. The van der Waals surface area contributed by atoms with E-state index in [0.29, 0.717) is 10.8 Å². The average Bonchev–Trinajstić information content (AvgIpc) is 2.11. The Labute approximate surface area is 99.4 Å².